The Labute approximate surface area is 259 Å². The first-order chi connectivity index (χ1) is 21.7. The zero-order valence-electron chi connectivity index (χ0n) is 24.5. The van der Waals surface area contributed by atoms with Crippen LogP contribution in [0.15, 0.2) is 83.9 Å². The van der Waals surface area contributed by atoms with Crippen molar-refractivity contribution in [1.82, 2.24) is 14.9 Å². The molecule has 3 N–H and O–H groups in total. The summed E-state index contributed by atoms with van der Waals surface area (Å²) in [5.74, 6) is -1.71. The number of hydrogen-bond donors (Lipinski definition) is 2. The molecule has 232 valence electrons. The van der Waals surface area contributed by atoms with Crippen LogP contribution in [0.4, 0.5) is 20.3 Å². The fraction of sp³-hybridized carbons (Fsp3) is 0.212. The summed E-state index contributed by atoms with van der Waals surface area (Å²) in [7, 11) is -3.09. The van der Waals surface area contributed by atoms with Gasteiger partial charge in [-0.2, -0.15) is 0 Å². The maximum absolute atomic E-state index is 14.3. The van der Waals surface area contributed by atoms with Gasteiger partial charge in [0.15, 0.2) is 0 Å². The third kappa shape index (κ3) is 6.72. The summed E-state index contributed by atoms with van der Waals surface area (Å²) in [6, 6.07) is 19.6. The van der Waals surface area contributed by atoms with Crippen molar-refractivity contribution in [1.29, 1.82) is 0 Å². The molecule has 1 aliphatic rings. The van der Waals surface area contributed by atoms with E-state index in [1.54, 1.807) is 6.20 Å². The largest absolute Gasteiger partial charge is 0.480 e. The van der Waals surface area contributed by atoms with Gasteiger partial charge >= 0.3 is 0 Å². The SMILES string of the molecule is COc1ncc(-c2ccc3nc(N)c(-c4cccc(CCN5CCOCC5)c4)cc3c2)cc1NS(=O)(=O)c1ccc(F)cc1F. The Balaban J connectivity index is 1.30. The van der Waals surface area contributed by atoms with Crippen molar-refractivity contribution in [3.63, 3.8) is 0 Å². The van der Waals surface area contributed by atoms with Crippen molar-refractivity contribution in [2.45, 2.75) is 11.3 Å². The van der Waals surface area contributed by atoms with Gasteiger partial charge in [0.25, 0.3) is 10.0 Å². The number of sulfonamides is 1. The van der Waals surface area contributed by atoms with Crippen molar-refractivity contribution in [3.05, 3.63) is 96.2 Å². The number of pyridine rings is 2. The minimum atomic E-state index is -4.43. The van der Waals surface area contributed by atoms with E-state index in [4.69, 9.17) is 15.2 Å². The number of halogens is 2. The number of benzene rings is 3. The van der Waals surface area contributed by atoms with Crippen LogP contribution in [0.2, 0.25) is 0 Å². The molecule has 45 heavy (non-hydrogen) atoms. The summed E-state index contributed by atoms with van der Waals surface area (Å²) in [5.41, 5.74) is 11.4. The van der Waals surface area contributed by atoms with E-state index in [0.717, 1.165) is 73.5 Å². The molecule has 1 aliphatic heterocycles. The third-order valence-electron chi connectivity index (χ3n) is 7.71. The van der Waals surface area contributed by atoms with E-state index < -0.39 is 26.6 Å². The van der Waals surface area contributed by atoms with Crippen molar-refractivity contribution in [2.75, 3.05) is 50.4 Å². The van der Waals surface area contributed by atoms with Gasteiger partial charge < -0.3 is 15.2 Å². The van der Waals surface area contributed by atoms with Gasteiger partial charge in [-0.25, -0.2) is 27.2 Å². The van der Waals surface area contributed by atoms with E-state index in [2.05, 4.69) is 31.7 Å². The molecule has 0 amide bonds. The molecule has 9 nitrogen and oxygen atoms in total. The maximum atomic E-state index is 14.3. The number of aromatic nitrogens is 2. The van der Waals surface area contributed by atoms with Gasteiger partial charge in [-0.05, 0) is 59.5 Å². The summed E-state index contributed by atoms with van der Waals surface area (Å²) in [4.78, 5) is 10.6. The molecule has 2 aromatic heterocycles. The quantitative estimate of drug-likeness (QED) is 0.219. The molecule has 3 aromatic carbocycles. The second-order valence-electron chi connectivity index (χ2n) is 10.7. The van der Waals surface area contributed by atoms with Crippen LogP contribution in [0, 0.1) is 11.6 Å². The van der Waals surface area contributed by atoms with Crippen molar-refractivity contribution >= 4 is 32.4 Å². The average Bonchev–Trinajstić information content (AvgIpc) is 3.03. The monoisotopic (exact) mass is 631 g/mol. The molecular formula is C33H31F2N5O4S. The number of anilines is 2. The summed E-state index contributed by atoms with van der Waals surface area (Å²) in [6.07, 6.45) is 2.45. The Morgan fingerprint density at radius 2 is 1.80 bits per heavy atom. The number of morpholine rings is 1. The molecule has 5 aromatic rings. The number of ether oxygens (including phenoxy) is 2. The fourth-order valence-corrected chi connectivity index (χ4v) is 6.46. The number of rotatable bonds is 9. The molecule has 0 aliphatic carbocycles. The molecule has 0 spiro atoms. The minimum absolute atomic E-state index is 0.0103. The van der Waals surface area contributed by atoms with Gasteiger partial charge in [-0.1, -0.05) is 30.3 Å². The van der Waals surface area contributed by atoms with Crippen LogP contribution >= 0.6 is 0 Å². The number of nitrogens with one attached hydrogen (secondary N) is 1. The van der Waals surface area contributed by atoms with Crippen LogP contribution in [0.25, 0.3) is 33.2 Å². The van der Waals surface area contributed by atoms with E-state index >= 15 is 0 Å². The molecule has 12 heteroatoms. The van der Waals surface area contributed by atoms with Crippen LogP contribution in [0.5, 0.6) is 5.88 Å². The lowest BCUT2D eigenvalue weighted by molar-refractivity contribution is 0.0384. The Hall–Kier alpha value is -4.65. The lowest BCUT2D eigenvalue weighted by atomic mass is 9.99. The predicted molar refractivity (Wildman–Crippen MR) is 170 cm³/mol. The van der Waals surface area contributed by atoms with Crippen molar-refractivity contribution in [3.8, 4) is 28.1 Å². The summed E-state index contributed by atoms with van der Waals surface area (Å²) >= 11 is 0. The van der Waals surface area contributed by atoms with Crippen LogP contribution in [-0.4, -0.2) is 63.2 Å². The van der Waals surface area contributed by atoms with Crippen LogP contribution in [0.1, 0.15) is 5.56 Å². The number of hydrogen-bond acceptors (Lipinski definition) is 8. The summed E-state index contributed by atoms with van der Waals surface area (Å²) in [5, 5.41) is 0.821. The standard InChI is InChI=1S/C33H31F2N5O4S/c1-43-33-30(39-45(41,42)31-8-6-26(34)19-28(31)35)18-25(20-37-33)22-5-7-29-24(16-22)17-27(32(36)38-29)23-4-2-3-21(15-23)9-10-40-11-13-44-14-12-40/h2-8,15-20,39H,9-14H2,1H3,(H2,36,38). The molecular weight excluding hydrogens is 600 g/mol. The van der Waals surface area contributed by atoms with Gasteiger partial charge in [-0.3, -0.25) is 9.62 Å². The smallest absolute Gasteiger partial charge is 0.264 e. The predicted octanol–water partition coefficient (Wildman–Crippen LogP) is 5.51. The maximum Gasteiger partial charge on any atom is 0.264 e. The zero-order chi connectivity index (χ0) is 31.6. The van der Waals surface area contributed by atoms with Gasteiger partial charge in [0.2, 0.25) is 5.88 Å². The summed E-state index contributed by atoms with van der Waals surface area (Å²) < 4.78 is 66.7. The van der Waals surface area contributed by atoms with Gasteiger partial charge in [0.1, 0.15) is 28.0 Å². The number of fused-ring (bicyclic) bond motifs is 1. The van der Waals surface area contributed by atoms with E-state index in [9.17, 15) is 17.2 Å². The van der Waals surface area contributed by atoms with E-state index in [1.165, 1.54) is 18.7 Å². The second-order valence-corrected chi connectivity index (χ2v) is 12.3. The van der Waals surface area contributed by atoms with Crippen molar-refractivity contribution < 1.29 is 26.7 Å². The fourth-order valence-electron chi connectivity index (χ4n) is 5.35. The lowest BCUT2D eigenvalue weighted by Crippen LogP contribution is -2.37. The highest BCUT2D eigenvalue weighted by atomic mass is 32.2. The molecule has 6 rings (SSSR count). The number of methoxy groups -OCH3 is 1. The van der Waals surface area contributed by atoms with Crippen LogP contribution < -0.4 is 15.2 Å². The van der Waals surface area contributed by atoms with Crippen molar-refractivity contribution in [2.24, 2.45) is 0 Å². The first-order valence-corrected chi connectivity index (χ1v) is 15.8. The number of nitrogens with zero attached hydrogens (tertiary/aromatic N) is 3. The van der Waals surface area contributed by atoms with Gasteiger partial charge in [0.05, 0.1) is 25.8 Å². The minimum Gasteiger partial charge on any atom is -0.480 e. The van der Waals surface area contributed by atoms with Crippen LogP contribution in [0.3, 0.4) is 0 Å². The third-order valence-corrected chi connectivity index (χ3v) is 9.11. The van der Waals surface area contributed by atoms with E-state index in [0.29, 0.717) is 23.0 Å². The summed E-state index contributed by atoms with van der Waals surface area (Å²) in [6.45, 7) is 4.36. The molecule has 0 bridgehead atoms. The highest BCUT2D eigenvalue weighted by molar-refractivity contribution is 7.92. The molecule has 0 unspecified atom stereocenters. The molecule has 0 saturated carbocycles. The Morgan fingerprint density at radius 1 is 0.978 bits per heavy atom. The molecule has 0 radical (unpaired) electrons. The number of nitrogen functional groups attached to an aromatic ring is 1. The van der Waals surface area contributed by atoms with E-state index in [-0.39, 0.29) is 11.6 Å². The second kappa shape index (κ2) is 12.8. The molecule has 3 heterocycles. The Bertz CT molecular complexity index is 1980. The molecule has 0 atom stereocenters. The highest BCUT2D eigenvalue weighted by Crippen LogP contribution is 2.34. The van der Waals surface area contributed by atoms with Crippen LogP contribution in [-0.2, 0) is 21.2 Å². The first-order valence-electron chi connectivity index (χ1n) is 14.3. The molecule has 1 saturated heterocycles. The van der Waals surface area contributed by atoms with E-state index in [1.807, 2.05) is 36.4 Å². The lowest BCUT2D eigenvalue weighted by Gasteiger charge is -2.26. The van der Waals surface area contributed by atoms with Gasteiger partial charge in [0, 0.05) is 48.4 Å². The Kier molecular flexibility index (Phi) is 8.61. The molecule has 1 fully saturated rings. The number of nitrogens with two attached hydrogens (primary N) is 1. The average molecular weight is 632 g/mol. The van der Waals surface area contributed by atoms with Gasteiger partial charge in [-0.15, -0.1) is 0 Å². The normalized spacial score (nSPS) is 14.0. The Morgan fingerprint density at radius 3 is 2.58 bits per heavy atom. The topological polar surface area (TPSA) is 120 Å². The first kappa shape index (κ1) is 30.4. The zero-order valence-corrected chi connectivity index (χ0v) is 25.3. The highest BCUT2D eigenvalue weighted by Gasteiger charge is 2.22.